The number of carbonyl (C=O) groups is 2. The zero-order valence-electron chi connectivity index (χ0n) is 15.7. The fourth-order valence-corrected chi connectivity index (χ4v) is 3.96. The minimum atomic E-state index is -0.542. The Bertz CT molecular complexity index is 929. The van der Waals surface area contributed by atoms with Crippen LogP contribution in [0.25, 0.3) is 0 Å². The number of hydrogen-bond donors (Lipinski definition) is 1. The number of nitrogens with zero attached hydrogens (tertiary/aromatic N) is 2. The number of anilines is 2. The molecule has 29 heavy (non-hydrogen) atoms. The average Bonchev–Trinajstić information content (AvgIpc) is 2.86. The van der Waals surface area contributed by atoms with E-state index in [2.05, 4.69) is 10.2 Å². The average molecular weight is 434 g/mol. The molecule has 2 aliphatic heterocycles. The molecule has 0 spiro atoms. The van der Waals surface area contributed by atoms with Crippen LogP contribution in [0.3, 0.4) is 0 Å². The van der Waals surface area contributed by atoms with Crippen LogP contribution < -0.4 is 15.0 Å². The SMILES string of the molecule is O=C1Nc2cc(Cl)ccc2OCC1CC(=O)N1CCN(c2cccc(Cl)c2)CC1. The number of ether oxygens (including phenoxy) is 1. The topological polar surface area (TPSA) is 61.9 Å². The van der Waals surface area contributed by atoms with E-state index in [0.29, 0.717) is 34.6 Å². The van der Waals surface area contributed by atoms with E-state index in [1.165, 1.54) is 0 Å². The number of nitrogens with one attached hydrogen (secondary N) is 1. The Kier molecular flexibility index (Phi) is 5.83. The predicted octanol–water partition coefficient (Wildman–Crippen LogP) is 3.68. The fourth-order valence-electron chi connectivity index (χ4n) is 3.60. The van der Waals surface area contributed by atoms with E-state index >= 15 is 0 Å². The Labute approximate surface area is 179 Å². The molecule has 2 aliphatic rings. The van der Waals surface area contributed by atoms with Gasteiger partial charge in [-0.2, -0.15) is 0 Å². The highest BCUT2D eigenvalue weighted by atomic mass is 35.5. The van der Waals surface area contributed by atoms with Crippen LogP contribution in [0, 0.1) is 5.92 Å². The highest BCUT2D eigenvalue weighted by Gasteiger charge is 2.30. The van der Waals surface area contributed by atoms with Crippen LogP contribution in [0.5, 0.6) is 5.75 Å². The lowest BCUT2D eigenvalue weighted by atomic mass is 10.0. The Morgan fingerprint density at radius 1 is 1.07 bits per heavy atom. The summed E-state index contributed by atoms with van der Waals surface area (Å²) in [4.78, 5) is 29.3. The van der Waals surface area contributed by atoms with Gasteiger partial charge in [-0.25, -0.2) is 0 Å². The van der Waals surface area contributed by atoms with Gasteiger partial charge in [0.2, 0.25) is 11.8 Å². The lowest BCUT2D eigenvalue weighted by molar-refractivity contribution is -0.135. The Hall–Kier alpha value is -2.44. The van der Waals surface area contributed by atoms with E-state index in [1.807, 2.05) is 29.2 Å². The van der Waals surface area contributed by atoms with Crippen LogP contribution in [-0.2, 0) is 9.59 Å². The van der Waals surface area contributed by atoms with Gasteiger partial charge in [0.1, 0.15) is 12.4 Å². The standard InChI is InChI=1S/C21H21Cl2N3O3/c22-15-2-1-3-17(11-15)25-6-8-26(9-7-25)20(27)10-14-13-29-19-5-4-16(23)12-18(19)24-21(14)28/h1-5,11-12,14H,6-10,13H2,(H,24,28). The molecule has 1 N–H and O–H groups in total. The van der Waals surface area contributed by atoms with Crippen LogP contribution >= 0.6 is 23.2 Å². The molecule has 2 aromatic carbocycles. The minimum Gasteiger partial charge on any atom is -0.491 e. The zero-order chi connectivity index (χ0) is 20.4. The molecule has 6 nitrogen and oxygen atoms in total. The molecule has 0 aromatic heterocycles. The molecule has 0 bridgehead atoms. The molecule has 0 aliphatic carbocycles. The van der Waals surface area contributed by atoms with Crippen molar-refractivity contribution in [1.29, 1.82) is 0 Å². The molecule has 2 heterocycles. The molecule has 2 aromatic rings. The second kappa shape index (κ2) is 8.51. The van der Waals surface area contributed by atoms with Crippen molar-refractivity contribution in [3.05, 3.63) is 52.5 Å². The molecule has 4 rings (SSSR count). The third kappa shape index (κ3) is 4.60. The molecule has 0 radical (unpaired) electrons. The Balaban J connectivity index is 1.34. The van der Waals surface area contributed by atoms with Crippen molar-refractivity contribution in [2.24, 2.45) is 5.92 Å². The fraction of sp³-hybridized carbons (Fsp3) is 0.333. The van der Waals surface area contributed by atoms with Crippen molar-refractivity contribution in [2.75, 3.05) is 43.0 Å². The monoisotopic (exact) mass is 433 g/mol. The lowest BCUT2D eigenvalue weighted by Crippen LogP contribution is -2.49. The molecule has 152 valence electrons. The summed E-state index contributed by atoms with van der Waals surface area (Å²) in [5.41, 5.74) is 1.59. The van der Waals surface area contributed by atoms with Crippen molar-refractivity contribution in [1.82, 2.24) is 4.90 Å². The first-order valence-electron chi connectivity index (χ1n) is 9.51. The number of benzene rings is 2. The predicted molar refractivity (Wildman–Crippen MR) is 114 cm³/mol. The van der Waals surface area contributed by atoms with Gasteiger partial charge in [0.15, 0.2) is 0 Å². The molecule has 2 amide bonds. The van der Waals surface area contributed by atoms with E-state index in [4.69, 9.17) is 27.9 Å². The van der Waals surface area contributed by atoms with Gasteiger partial charge >= 0.3 is 0 Å². The third-order valence-electron chi connectivity index (χ3n) is 5.24. The van der Waals surface area contributed by atoms with Gasteiger partial charge in [-0.1, -0.05) is 29.3 Å². The van der Waals surface area contributed by atoms with Gasteiger partial charge in [-0.15, -0.1) is 0 Å². The smallest absolute Gasteiger partial charge is 0.231 e. The van der Waals surface area contributed by atoms with Crippen molar-refractivity contribution in [3.63, 3.8) is 0 Å². The lowest BCUT2D eigenvalue weighted by Gasteiger charge is -2.36. The summed E-state index contributed by atoms with van der Waals surface area (Å²) in [7, 11) is 0. The van der Waals surface area contributed by atoms with Crippen LogP contribution in [0.15, 0.2) is 42.5 Å². The first kappa shape index (κ1) is 19.9. The Morgan fingerprint density at radius 2 is 1.83 bits per heavy atom. The largest absolute Gasteiger partial charge is 0.491 e. The van der Waals surface area contributed by atoms with Crippen molar-refractivity contribution >= 4 is 46.4 Å². The normalized spacial score (nSPS) is 19.1. The molecule has 1 saturated heterocycles. The summed E-state index contributed by atoms with van der Waals surface area (Å²) in [6.45, 7) is 2.83. The number of halogens is 2. The van der Waals surface area contributed by atoms with Crippen LogP contribution in [-0.4, -0.2) is 49.5 Å². The number of fused-ring (bicyclic) bond motifs is 1. The number of carbonyl (C=O) groups excluding carboxylic acids is 2. The molecule has 1 unspecified atom stereocenters. The van der Waals surface area contributed by atoms with E-state index in [1.54, 1.807) is 18.2 Å². The maximum absolute atomic E-state index is 12.8. The van der Waals surface area contributed by atoms with Crippen LogP contribution in [0.4, 0.5) is 11.4 Å². The van der Waals surface area contributed by atoms with Gasteiger partial charge in [-0.05, 0) is 36.4 Å². The summed E-state index contributed by atoms with van der Waals surface area (Å²) in [6.07, 6.45) is 0.116. The van der Waals surface area contributed by atoms with Gasteiger partial charge in [0, 0.05) is 48.3 Å². The summed E-state index contributed by atoms with van der Waals surface area (Å²) in [6, 6.07) is 12.8. The van der Waals surface area contributed by atoms with Crippen LogP contribution in [0.1, 0.15) is 6.42 Å². The second-order valence-electron chi connectivity index (χ2n) is 7.19. The summed E-state index contributed by atoms with van der Waals surface area (Å²) in [5, 5.41) is 4.03. The highest BCUT2D eigenvalue weighted by molar-refractivity contribution is 6.31. The van der Waals surface area contributed by atoms with Crippen molar-refractivity contribution in [3.8, 4) is 5.75 Å². The number of rotatable bonds is 3. The van der Waals surface area contributed by atoms with E-state index in [-0.39, 0.29) is 24.8 Å². The van der Waals surface area contributed by atoms with Crippen molar-refractivity contribution < 1.29 is 14.3 Å². The van der Waals surface area contributed by atoms with Gasteiger partial charge < -0.3 is 19.9 Å². The maximum atomic E-state index is 12.8. The third-order valence-corrected chi connectivity index (χ3v) is 5.71. The van der Waals surface area contributed by atoms with Crippen molar-refractivity contribution in [2.45, 2.75) is 6.42 Å². The van der Waals surface area contributed by atoms with E-state index < -0.39 is 5.92 Å². The molecule has 1 fully saturated rings. The number of amides is 2. The van der Waals surface area contributed by atoms with E-state index in [0.717, 1.165) is 18.8 Å². The zero-order valence-corrected chi connectivity index (χ0v) is 17.2. The van der Waals surface area contributed by atoms with Crippen LogP contribution in [0.2, 0.25) is 10.0 Å². The first-order chi connectivity index (χ1) is 14.0. The van der Waals surface area contributed by atoms with Gasteiger partial charge in [0.25, 0.3) is 0 Å². The maximum Gasteiger partial charge on any atom is 0.231 e. The summed E-state index contributed by atoms with van der Waals surface area (Å²) in [5.74, 6) is -0.243. The highest BCUT2D eigenvalue weighted by Crippen LogP contribution is 2.31. The first-order valence-corrected chi connectivity index (χ1v) is 10.3. The number of hydrogen-bond acceptors (Lipinski definition) is 4. The molecule has 1 atom stereocenters. The number of piperazine rings is 1. The summed E-state index contributed by atoms with van der Waals surface area (Å²) < 4.78 is 5.73. The summed E-state index contributed by atoms with van der Waals surface area (Å²) >= 11 is 12.1. The Morgan fingerprint density at radius 3 is 2.59 bits per heavy atom. The second-order valence-corrected chi connectivity index (χ2v) is 8.06. The van der Waals surface area contributed by atoms with Gasteiger partial charge in [0.05, 0.1) is 11.6 Å². The molecular weight excluding hydrogens is 413 g/mol. The molecular formula is C21H21Cl2N3O3. The molecule has 0 saturated carbocycles. The van der Waals surface area contributed by atoms with Gasteiger partial charge in [-0.3, -0.25) is 9.59 Å². The molecule has 8 heteroatoms. The minimum absolute atomic E-state index is 0.0384. The van der Waals surface area contributed by atoms with E-state index in [9.17, 15) is 9.59 Å². The quantitative estimate of drug-likeness (QED) is 0.801.